The number of hydrogen-bond donors (Lipinski definition) is 2. The van der Waals surface area contributed by atoms with Crippen molar-refractivity contribution in [3.63, 3.8) is 0 Å². The molecule has 3 aromatic carbocycles. The van der Waals surface area contributed by atoms with E-state index in [-0.39, 0.29) is 11.3 Å². The number of alkyl halides is 3. The Balaban J connectivity index is 2.04. The number of halogens is 3. The Labute approximate surface area is 159 Å². The lowest BCUT2D eigenvalue weighted by Crippen LogP contribution is -2.12. The largest absolute Gasteiger partial charge is 0.416 e. The lowest BCUT2D eigenvalue weighted by atomic mass is 9.98. The zero-order valence-corrected chi connectivity index (χ0v) is 15.4. The highest BCUT2D eigenvalue weighted by Crippen LogP contribution is 2.40. The monoisotopic (exact) mass is 404 g/mol. The van der Waals surface area contributed by atoms with Gasteiger partial charge in [-0.2, -0.15) is 13.2 Å². The van der Waals surface area contributed by atoms with Crippen LogP contribution < -0.4 is 4.72 Å². The lowest BCUT2D eigenvalue weighted by molar-refractivity contribution is -0.137. The van der Waals surface area contributed by atoms with Crippen LogP contribution in [0, 0.1) is 0 Å². The average Bonchev–Trinajstić information content (AvgIpc) is 2.98. The SMILES string of the molecule is CS(=O)(=O)Nc1ccc(C(F)(F)F)cc1-c1cccc2c1[nH]c1ccccc12. The number of anilines is 1. The molecular weight excluding hydrogens is 389 g/mol. The molecule has 0 unspecified atom stereocenters. The number of rotatable bonds is 3. The summed E-state index contributed by atoms with van der Waals surface area (Å²) in [6, 6.07) is 15.8. The number of sulfonamides is 1. The van der Waals surface area contributed by atoms with Gasteiger partial charge in [0, 0.05) is 27.4 Å². The van der Waals surface area contributed by atoms with E-state index in [9.17, 15) is 21.6 Å². The van der Waals surface area contributed by atoms with E-state index >= 15 is 0 Å². The Kier molecular flexibility index (Phi) is 4.11. The maximum absolute atomic E-state index is 13.3. The third-order valence-corrected chi connectivity index (χ3v) is 5.06. The van der Waals surface area contributed by atoms with Crippen LogP contribution in [0.2, 0.25) is 0 Å². The minimum Gasteiger partial charge on any atom is -0.354 e. The Hall–Kier alpha value is -3.00. The van der Waals surface area contributed by atoms with E-state index in [2.05, 4.69) is 9.71 Å². The van der Waals surface area contributed by atoms with Crippen LogP contribution in [0.15, 0.2) is 60.7 Å². The number of benzene rings is 3. The predicted octanol–water partition coefficient (Wildman–Crippen LogP) is 5.38. The molecule has 0 atom stereocenters. The number of para-hydroxylation sites is 2. The first kappa shape index (κ1) is 18.4. The van der Waals surface area contributed by atoms with E-state index < -0.39 is 21.8 Å². The van der Waals surface area contributed by atoms with Crippen molar-refractivity contribution in [1.82, 2.24) is 4.98 Å². The lowest BCUT2D eigenvalue weighted by Gasteiger charge is -2.15. The molecule has 0 bridgehead atoms. The Bertz CT molecular complexity index is 1310. The van der Waals surface area contributed by atoms with Gasteiger partial charge in [-0.1, -0.05) is 36.4 Å². The minimum absolute atomic E-state index is 0.0849. The summed E-state index contributed by atoms with van der Waals surface area (Å²) in [5, 5.41) is 1.78. The number of nitrogens with one attached hydrogen (secondary N) is 2. The third kappa shape index (κ3) is 3.31. The zero-order valence-electron chi connectivity index (χ0n) is 14.6. The van der Waals surface area contributed by atoms with Crippen LogP contribution in [0.4, 0.5) is 18.9 Å². The molecule has 0 aliphatic heterocycles. The minimum atomic E-state index is -4.55. The van der Waals surface area contributed by atoms with Crippen LogP contribution in [0.3, 0.4) is 0 Å². The number of fused-ring (bicyclic) bond motifs is 3. The fourth-order valence-electron chi connectivity index (χ4n) is 3.33. The van der Waals surface area contributed by atoms with Gasteiger partial charge in [0.1, 0.15) is 0 Å². The molecule has 0 radical (unpaired) electrons. The summed E-state index contributed by atoms with van der Waals surface area (Å²) in [4.78, 5) is 3.23. The quantitative estimate of drug-likeness (QED) is 0.482. The fraction of sp³-hybridized carbons (Fsp3) is 0.100. The van der Waals surface area contributed by atoms with Crippen LogP contribution in [-0.2, 0) is 16.2 Å². The first-order valence-corrected chi connectivity index (χ1v) is 10.2. The van der Waals surface area contributed by atoms with Crippen molar-refractivity contribution in [1.29, 1.82) is 0 Å². The second-order valence-electron chi connectivity index (χ2n) is 6.53. The van der Waals surface area contributed by atoms with Gasteiger partial charge in [0.05, 0.1) is 23.0 Å². The number of hydrogen-bond acceptors (Lipinski definition) is 2. The van der Waals surface area contributed by atoms with Gasteiger partial charge in [0.25, 0.3) is 0 Å². The third-order valence-electron chi connectivity index (χ3n) is 4.47. The molecule has 0 saturated heterocycles. The van der Waals surface area contributed by atoms with Gasteiger partial charge >= 0.3 is 6.18 Å². The Morgan fingerprint density at radius 3 is 2.32 bits per heavy atom. The van der Waals surface area contributed by atoms with Gasteiger partial charge in [0.15, 0.2) is 0 Å². The molecule has 1 aromatic heterocycles. The average molecular weight is 404 g/mol. The molecule has 4 rings (SSSR count). The summed E-state index contributed by atoms with van der Waals surface area (Å²) < 4.78 is 65.6. The van der Waals surface area contributed by atoms with Gasteiger partial charge in [-0.3, -0.25) is 4.72 Å². The summed E-state index contributed by atoms with van der Waals surface area (Å²) in [6.07, 6.45) is -3.59. The van der Waals surface area contributed by atoms with E-state index in [1.54, 1.807) is 12.1 Å². The van der Waals surface area contributed by atoms with Crippen molar-refractivity contribution >= 4 is 37.5 Å². The van der Waals surface area contributed by atoms with E-state index in [0.717, 1.165) is 40.7 Å². The Morgan fingerprint density at radius 2 is 1.61 bits per heavy atom. The molecule has 0 saturated carbocycles. The van der Waals surface area contributed by atoms with Crippen molar-refractivity contribution in [2.75, 3.05) is 11.0 Å². The van der Waals surface area contributed by atoms with Gasteiger partial charge in [0.2, 0.25) is 10.0 Å². The van der Waals surface area contributed by atoms with Gasteiger partial charge < -0.3 is 4.98 Å². The second kappa shape index (κ2) is 6.27. The molecule has 28 heavy (non-hydrogen) atoms. The fourth-order valence-corrected chi connectivity index (χ4v) is 3.91. The molecule has 4 nitrogen and oxygen atoms in total. The van der Waals surface area contributed by atoms with Gasteiger partial charge in [-0.25, -0.2) is 8.42 Å². The number of aromatic amines is 1. The topological polar surface area (TPSA) is 62.0 Å². The summed E-state index contributed by atoms with van der Waals surface area (Å²) in [6.45, 7) is 0. The van der Waals surface area contributed by atoms with Crippen LogP contribution in [0.1, 0.15) is 5.56 Å². The van der Waals surface area contributed by atoms with Crippen molar-refractivity contribution in [3.05, 3.63) is 66.2 Å². The molecule has 8 heteroatoms. The molecule has 0 aliphatic rings. The number of aromatic nitrogens is 1. The molecule has 144 valence electrons. The van der Waals surface area contributed by atoms with Crippen LogP contribution in [0.5, 0.6) is 0 Å². The van der Waals surface area contributed by atoms with Gasteiger partial charge in [-0.05, 0) is 24.3 Å². The Morgan fingerprint density at radius 1 is 0.893 bits per heavy atom. The summed E-state index contributed by atoms with van der Waals surface area (Å²) >= 11 is 0. The molecule has 4 aromatic rings. The highest BCUT2D eigenvalue weighted by Gasteiger charge is 2.31. The standard InChI is InChI=1S/C20H15F3N2O2S/c1-28(26,27)25-18-10-9-12(20(21,22)23)11-16(18)15-7-4-6-14-13-5-2-3-8-17(13)24-19(14)15/h2-11,24-25H,1H3. The van der Waals surface area contributed by atoms with Crippen LogP contribution >= 0.6 is 0 Å². The summed E-state index contributed by atoms with van der Waals surface area (Å²) in [7, 11) is -3.68. The summed E-state index contributed by atoms with van der Waals surface area (Å²) in [5.74, 6) is 0. The molecule has 0 spiro atoms. The van der Waals surface area contributed by atoms with E-state index in [1.165, 1.54) is 0 Å². The van der Waals surface area contributed by atoms with Crippen LogP contribution in [0.25, 0.3) is 32.9 Å². The van der Waals surface area contributed by atoms with Crippen molar-refractivity contribution in [2.45, 2.75) is 6.18 Å². The predicted molar refractivity (Wildman–Crippen MR) is 105 cm³/mol. The second-order valence-corrected chi connectivity index (χ2v) is 8.28. The smallest absolute Gasteiger partial charge is 0.354 e. The first-order chi connectivity index (χ1) is 13.1. The van der Waals surface area contributed by atoms with E-state index in [1.807, 2.05) is 30.3 Å². The molecule has 0 fully saturated rings. The molecule has 0 aliphatic carbocycles. The normalized spacial score (nSPS) is 12.6. The van der Waals surface area contributed by atoms with Crippen molar-refractivity contribution in [2.24, 2.45) is 0 Å². The zero-order chi connectivity index (χ0) is 20.1. The summed E-state index contributed by atoms with van der Waals surface area (Å²) in [5.41, 5.74) is 1.34. The van der Waals surface area contributed by atoms with Crippen molar-refractivity contribution in [3.8, 4) is 11.1 Å². The van der Waals surface area contributed by atoms with E-state index in [4.69, 9.17) is 0 Å². The molecule has 2 N–H and O–H groups in total. The van der Waals surface area contributed by atoms with E-state index in [0.29, 0.717) is 11.1 Å². The number of H-pyrrole nitrogens is 1. The molecule has 1 heterocycles. The first-order valence-electron chi connectivity index (χ1n) is 8.32. The molecular formula is C20H15F3N2O2S. The van der Waals surface area contributed by atoms with Gasteiger partial charge in [-0.15, -0.1) is 0 Å². The maximum Gasteiger partial charge on any atom is 0.416 e. The highest BCUT2D eigenvalue weighted by molar-refractivity contribution is 7.92. The maximum atomic E-state index is 13.3. The highest BCUT2D eigenvalue weighted by atomic mass is 32.2. The molecule has 0 amide bonds. The van der Waals surface area contributed by atoms with Crippen molar-refractivity contribution < 1.29 is 21.6 Å². The van der Waals surface area contributed by atoms with Crippen LogP contribution in [-0.4, -0.2) is 19.7 Å².